The summed E-state index contributed by atoms with van der Waals surface area (Å²) in [7, 11) is 0. The van der Waals surface area contributed by atoms with Crippen LogP contribution in [0.15, 0.2) is 29.6 Å². The van der Waals surface area contributed by atoms with Crippen molar-refractivity contribution >= 4 is 41.0 Å². The molecule has 0 unspecified atom stereocenters. The Morgan fingerprint density at radius 2 is 1.89 bits per heavy atom. The van der Waals surface area contributed by atoms with Crippen molar-refractivity contribution in [2.45, 2.75) is 6.42 Å². The van der Waals surface area contributed by atoms with Gasteiger partial charge in [-0.25, -0.2) is 0 Å². The minimum atomic E-state index is 0.399. The first-order valence-electron chi connectivity index (χ1n) is 5.28. The molecule has 5 heteroatoms. The Kier molecular flexibility index (Phi) is 4.64. The first-order chi connectivity index (χ1) is 8.69. The Morgan fingerprint density at radius 1 is 1.17 bits per heavy atom. The summed E-state index contributed by atoms with van der Waals surface area (Å²) in [5, 5.41) is 3.28. The summed E-state index contributed by atoms with van der Waals surface area (Å²) in [5.41, 5.74) is 2.13. The minimum Gasteiger partial charge on any atom is -0.468 e. The van der Waals surface area contributed by atoms with Crippen LogP contribution in [0.1, 0.15) is 5.56 Å². The molecule has 2 nitrogen and oxygen atoms in total. The maximum absolute atomic E-state index is 10.0. The lowest BCUT2D eigenvalue weighted by molar-refractivity contribution is -0.128. The third-order valence-electron chi connectivity index (χ3n) is 2.38. The van der Waals surface area contributed by atoms with Crippen LogP contribution in [0.3, 0.4) is 0 Å². The zero-order chi connectivity index (χ0) is 13.0. The van der Waals surface area contributed by atoms with E-state index in [0.717, 1.165) is 16.0 Å². The summed E-state index contributed by atoms with van der Waals surface area (Å²) in [6.07, 6.45) is 0.712. The van der Waals surface area contributed by atoms with Gasteiger partial charge in [-0.05, 0) is 40.8 Å². The molecular weight excluding hydrogens is 291 g/mol. The predicted molar refractivity (Wildman–Crippen MR) is 75.5 cm³/mol. The number of hydrogen-bond donors (Lipinski definition) is 0. The number of halogens is 2. The van der Waals surface area contributed by atoms with Crippen LogP contribution < -0.4 is 0 Å². The molecule has 0 saturated carbocycles. The predicted octanol–water partition coefficient (Wildman–Crippen LogP) is 4.44. The average molecular weight is 301 g/mol. The van der Waals surface area contributed by atoms with E-state index in [1.165, 1.54) is 0 Å². The fourth-order valence-corrected chi connectivity index (χ4v) is 3.04. The van der Waals surface area contributed by atoms with E-state index in [0.29, 0.717) is 29.5 Å². The average Bonchev–Trinajstić information content (AvgIpc) is 2.77. The Labute approximate surface area is 119 Å². The van der Waals surface area contributed by atoms with Crippen molar-refractivity contribution < 1.29 is 9.53 Å². The maximum Gasteiger partial charge on any atom is 0.293 e. The van der Waals surface area contributed by atoms with Gasteiger partial charge in [0.25, 0.3) is 6.47 Å². The van der Waals surface area contributed by atoms with Gasteiger partial charge in [-0.15, -0.1) is 11.3 Å². The lowest BCUT2D eigenvalue weighted by Crippen LogP contribution is -1.94. The third-order valence-corrected chi connectivity index (χ3v) is 3.84. The van der Waals surface area contributed by atoms with E-state index in [1.54, 1.807) is 17.4 Å². The summed E-state index contributed by atoms with van der Waals surface area (Å²) >= 11 is 13.6. The van der Waals surface area contributed by atoms with Gasteiger partial charge in [0.15, 0.2) is 0 Å². The molecule has 1 heterocycles. The first kappa shape index (κ1) is 13.4. The lowest BCUT2D eigenvalue weighted by Gasteiger charge is -2.00. The molecule has 0 atom stereocenters. The van der Waals surface area contributed by atoms with Crippen LogP contribution in [0.25, 0.3) is 10.4 Å². The standard InChI is InChI=1S/C13H10Cl2O2S/c14-11-4-10(5-12(15)6-11)13-3-9(7-18-13)1-2-17-8-16/h3-8H,1-2H2. The molecule has 0 bridgehead atoms. The number of thiophene rings is 1. The molecule has 0 aliphatic rings. The van der Waals surface area contributed by atoms with Crippen LogP contribution in [0.4, 0.5) is 0 Å². The molecule has 0 amide bonds. The molecule has 1 aromatic heterocycles. The molecule has 0 spiro atoms. The third kappa shape index (κ3) is 3.48. The van der Waals surface area contributed by atoms with Gasteiger partial charge in [-0.2, -0.15) is 0 Å². The zero-order valence-corrected chi connectivity index (χ0v) is 11.7. The second-order valence-electron chi connectivity index (χ2n) is 3.69. The van der Waals surface area contributed by atoms with Gasteiger partial charge < -0.3 is 4.74 Å². The molecule has 1 aromatic carbocycles. The van der Waals surface area contributed by atoms with Gasteiger partial charge in [0.1, 0.15) is 0 Å². The number of benzene rings is 1. The maximum atomic E-state index is 10.0. The molecule has 0 N–H and O–H groups in total. The van der Waals surface area contributed by atoms with Crippen molar-refractivity contribution in [3.05, 3.63) is 45.3 Å². The van der Waals surface area contributed by atoms with Crippen molar-refractivity contribution in [3.63, 3.8) is 0 Å². The molecule has 18 heavy (non-hydrogen) atoms. The van der Waals surface area contributed by atoms with Crippen molar-refractivity contribution in [1.29, 1.82) is 0 Å². The van der Waals surface area contributed by atoms with Crippen molar-refractivity contribution in [3.8, 4) is 10.4 Å². The van der Waals surface area contributed by atoms with Crippen LogP contribution in [-0.2, 0) is 16.0 Å². The number of rotatable bonds is 5. The summed E-state index contributed by atoms with van der Waals surface area (Å²) in [5.74, 6) is 0. The Morgan fingerprint density at radius 3 is 2.56 bits per heavy atom. The van der Waals surface area contributed by atoms with Crippen molar-refractivity contribution in [2.75, 3.05) is 6.61 Å². The van der Waals surface area contributed by atoms with Crippen LogP contribution in [0, 0.1) is 0 Å². The summed E-state index contributed by atoms with van der Waals surface area (Å²) < 4.78 is 4.67. The van der Waals surface area contributed by atoms with Gasteiger partial charge in [0, 0.05) is 21.3 Å². The van der Waals surface area contributed by atoms with E-state index in [2.05, 4.69) is 10.8 Å². The van der Waals surface area contributed by atoms with E-state index in [9.17, 15) is 4.79 Å². The smallest absolute Gasteiger partial charge is 0.293 e. The fraction of sp³-hybridized carbons (Fsp3) is 0.154. The van der Waals surface area contributed by atoms with Crippen LogP contribution in [0.2, 0.25) is 10.0 Å². The highest BCUT2D eigenvalue weighted by Gasteiger charge is 2.05. The molecule has 2 aromatic rings. The van der Waals surface area contributed by atoms with E-state index >= 15 is 0 Å². The molecule has 0 aliphatic carbocycles. The molecule has 0 radical (unpaired) electrons. The number of carbonyl (C=O) groups is 1. The van der Waals surface area contributed by atoms with Gasteiger partial charge in [0.2, 0.25) is 0 Å². The highest BCUT2D eigenvalue weighted by Crippen LogP contribution is 2.31. The van der Waals surface area contributed by atoms with Gasteiger partial charge in [0.05, 0.1) is 6.61 Å². The SMILES string of the molecule is O=COCCc1csc(-c2cc(Cl)cc(Cl)c2)c1. The summed E-state index contributed by atoms with van der Waals surface area (Å²) in [6, 6.07) is 7.52. The molecule has 94 valence electrons. The Hall–Kier alpha value is -1.03. The summed E-state index contributed by atoms with van der Waals surface area (Å²) in [4.78, 5) is 11.1. The quantitative estimate of drug-likeness (QED) is 0.603. The normalized spacial score (nSPS) is 10.3. The van der Waals surface area contributed by atoms with E-state index in [4.69, 9.17) is 23.2 Å². The molecular formula is C13H10Cl2O2S. The highest BCUT2D eigenvalue weighted by atomic mass is 35.5. The second kappa shape index (κ2) is 6.23. The van der Waals surface area contributed by atoms with Crippen molar-refractivity contribution in [1.82, 2.24) is 0 Å². The highest BCUT2D eigenvalue weighted by molar-refractivity contribution is 7.13. The topological polar surface area (TPSA) is 26.3 Å². The second-order valence-corrected chi connectivity index (χ2v) is 5.48. The fourth-order valence-electron chi connectivity index (χ4n) is 1.58. The number of carbonyl (C=O) groups excluding carboxylic acids is 1. The first-order valence-corrected chi connectivity index (χ1v) is 6.92. The van der Waals surface area contributed by atoms with E-state index in [-0.39, 0.29) is 0 Å². The monoisotopic (exact) mass is 300 g/mol. The van der Waals surface area contributed by atoms with Crippen LogP contribution >= 0.6 is 34.5 Å². The van der Waals surface area contributed by atoms with Gasteiger partial charge >= 0.3 is 0 Å². The molecule has 2 rings (SSSR count). The van der Waals surface area contributed by atoms with Crippen LogP contribution in [0.5, 0.6) is 0 Å². The van der Waals surface area contributed by atoms with E-state index in [1.807, 2.05) is 17.5 Å². The Balaban J connectivity index is 2.15. The molecule has 0 saturated heterocycles. The Bertz CT molecular complexity index is 531. The largest absolute Gasteiger partial charge is 0.468 e. The molecule has 0 aliphatic heterocycles. The zero-order valence-electron chi connectivity index (χ0n) is 9.36. The number of ether oxygens (including phenoxy) is 1. The van der Waals surface area contributed by atoms with Crippen LogP contribution in [-0.4, -0.2) is 13.1 Å². The minimum absolute atomic E-state index is 0.399. The summed E-state index contributed by atoms with van der Waals surface area (Å²) in [6.45, 7) is 0.861. The van der Waals surface area contributed by atoms with E-state index < -0.39 is 0 Å². The molecule has 0 fully saturated rings. The van der Waals surface area contributed by atoms with Crippen molar-refractivity contribution in [2.24, 2.45) is 0 Å². The van der Waals surface area contributed by atoms with Gasteiger partial charge in [-0.1, -0.05) is 23.2 Å². The number of hydrogen-bond acceptors (Lipinski definition) is 3. The lowest BCUT2D eigenvalue weighted by atomic mass is 10.1. The van der Waals surface area contributed by atoms with Gasteiger partial charge in [-0.3, -0.25) is 4.79 Å².